The van der Waals surface area contributed by atoms with Crippen molar-refractivity contribution in [3.63, 3.8) is 0 Å². The minimum absolute atomic E-state index is 0.0779. The molecule has 1 saturated heterocycles. The third kappa shape index (κ3) is 3.03. The number of rotatable bonds is 5. The first kappa shape index (κ1) is 16.6. The van der Waals surface area contributed by atoms with Crippen LogP contribution in [0.1, 0.15) is 43.5 Å². The summed E-state index contributed by atoms with van der Waals surface area (Å²) in [5.74, 6) is -0.0144. The van der Waals surface area contributed by atoms with Gasteiger partial charge in [0.1, 0.15) is 6.04 Å². The van der Waals surface area contributed by atoms with E-state index in [1.54, 1.807) is 11.8 Å². The van der Waals surface area contributed by atoms with Crippen LogP contribution in [0.15, 0.2) is 18.2 Å². The summed E-state index contributed by atoms with van der Waals surface area (Å²) in [4.78, 5) is 29.2. The van der Waals surface area contributed by atoms with E-state index in [0.29, 0.717) is 19.5 Å². The SMILES string of the molecule is CCc1[nH]c2ccc(CNC(=O)[C@@H](C)N3CCCC3=O)cc2c1C. The zero-order valence-corrected chi connectivity index (χ0v) is 14.6. The fourth-order valence-electron chi connectivity index (χ4n) is 3.45. The number of H-pyrrole nitrogens is 1. The summed E-state index contributed by atoms with van der Waals surface area (Å²) in [7, 11) is 0. The molecule has 0 aliphatic carbocycles. The molecule has 1 atom stereocenters. The van der Waals surface area contributed by atoms with Crippen molar-refractivity contribution in [1.29, 1.82) is 0 Å². The Bertz CT molecular complexity index is 778. The molecule has 1 aliphatic heterocycles. The molecule has 0 radical (unpaired) electrons. The van der Waals surface area contributed by atoms with Crippen LogP contribution in [-0.2, 0) is 22.6 Å². The first-order chi connectivity index (χ1) is 11.5. The van der Waals surface area contributed by atoms with Crippen LogP contribution in [0.5, 0.6) is 0 Å². The van der Waals surface area contributed by atoms with Gasteiger partial charge in [-0.05, 0) is 49.9 Å². The van der Waals surface area contributed by atoms with Gasteiger partial charge in [-0.3, -0.25) is 9.59 Å². The number of carbonyl (C=O) groups is 2. The summed E-state index contributed by atoms with van der Waals surface area (Å²) in [5, 5.41) is 4.17. The number of likely N-dealkylation sites (tertiary alicyclic amines) is 1. The Balaban J connectivity index is 1.67. The molecule has 5 nitrogen and oxygen atoms in total. The quantitative estimate of drug-likeness (QED) is 0.887. The average Bonchev–Trinajstić information content (AvgIpc) is 3.15. The number of amides is 2. The molecule has 0 unspecified atom stereocenters. The van der Waals surface area contributed by atoms with E-state index < -0.39 is 6.04 Å². The zero-order valence-electron chi connectivity index (χ0n) is 14.6. The minimum Gasteiger partial charge on any atom is -0.358 e. The van der Waals surface area contributed by atoms with Gasteiger partial charge in [0.2, 0.25) is 11.8 Å². The van der Waals surface area contributed by atoms with E-state index in [1.807, 2.05) is 6.07 Å². The second-order valence-corrected chi connectivity index (χ2v) is 6.55. The lowest BCUT2D eigenvalue weighted by molar-refractivity contribution is -0.136. The van der Waals surface area contributed by atoms with Gasteiger partial charge < -0.3 is 15.2 Å². The number of hydrogen-bond donors (Lipinski definition) is 2. The van der Waals surface area contributed by atoms with Crippen molar-refractivity contribution in [3.8, 4) is 0 Å². The van der Waals surface area contributed by atoms with Crippen molar-refractivity contribution in [2.24, 2.45) is 0 Å². The molecule has 1 aromatic carbocycles. The Labute approximate surface area is 142 Å². The number of aromatic nitrogens is 1. The zero-order chi connectivity index (χ0) is 17.3. The minimum atomic E-state index is -0.399. The van der Waals surface area contributed by atoms with Crippen LogP contribution in [0, 0.1) is 6.92 Å². The van der Waals surface area contributed by atoms with Crippen molar-refractivity contribution in [2.75, 3.05) is 6.54 Å². The Kier molecular flexibility index (Phi) is 4.60. The molecule has 128 valence electrons. The van der Waals surface area contributed by atoms with E-state index in [4.69, 9.17) is 0 Å². The van der Waals surface area contributed by atoms with Gasteiger partial charge in [-0.1, -0.05) is 13.0 Å². The largest absolute Gasteiger partial charge is 0.358 e. The van der Waals surface area contributed by atoms with Gasteiger partial charge in [-0.2, -0.15) is 0 Å². The molecular weight excluding hydrogens is 302 g/mol. The van der Waals surface area contributed by atoms with E-state index in [0.717, 1.165) is 23.9 Å². The normalized spacial score (nSPS) is 16.0. The maximum atomic E-state index is 12.3. The number of nitrogens with one attached hydrogen (secondary N) is 2. The van der Waals surface area contributed by atoms with Crippen molar-refractivity contribution < 1.29 is 9.59 Å². The average molecular weight is 327 g/mol. The molecule has 1 aromatic heterocycles. The molecule has 0 saturated carbocycles. The molecular formula is C19H25N3O2. The lowest BCUT2D eigenvalue weighted by Crippen LogP contribution is -2.45. The van der Waals surface area contributed by atoms with Gasteiger partial charge in [-0.25, -0.2) is 0 Å². The summed E-state index contributed by atoms with van der Waals surface area (Å²) >= 11 is 0. The highest BCUT2D eigenvalue weighted by molar-refractivity contribution is 5.88. The summed E-state index contributed by atoms with van der Waals surface area (Å²) < 4.78 is 0. The smallest absolute Gasteiger partial charge is 0.242 e. The molecule has 2 amide bonds. The van der Waals surface area contributed by atoms with Crippen molar-refractivity contribution in [2.45, 2.75) is 52.6 Å². The second kappa shape index (κ2) is 6.67. The number of aryl methyl sites for hydroxylation is 2. The third-order valence-electron chi connectivity index (χ3n) is 5.00. The van der Waals surface area contributed by atoms with Crippen LogP contribution >= 0.6 is 0 Å². The molecule has 1 fully saturated rings. The fourth-order valence-corrected chi connectivity index (χ4v) is 3.45. The highest BCUT2D eigenvalue weighted by Crippen LogP contribution is 2.23. The fraction of sp³-hybridized carbons (Fsp3) is 0.474. The molecule has 3 rings (SSSR count). The van der Waals surface area contributed by atoms with Crippen molar-refractivity contribution in [1.82, 2.24) is 15.2 Å². The Morgan fingerprint density at radius 1 is 1.42 bits per heavy atom. The number of nitrogens with zero attached hydrogens (tertiary/aromatic N) is 1. The van der Waals surface area contributed by atoms with Crippen LogP contribution in [0.4, 0.5) is 0 Å². The molecule has 2 aromatic rings. The van der Waals surface area contributed by atoms with Crippen molar-refractivity contribution >= 4 is 22.7 Å². The van der Waals surface area contributed by atoms with Gasteiger partial charge in [-0.15, -0.1) is 0 Å². The maximum absolute atomic E-state index is 12.3. The van der Waals surface area contributed by atoms with Gasteiger partial charge in [0.25, 0.3) is 0 Å². The highest BCUT2D eigenvalue weighted by Gasteiger charge is 2.29. The van der Waals surface area contributed by atoms with E-state index in [-0.39, 0.29) is 11.8 Å². The topological polar surface area (TPSA) is 65.2 Å². The van der Waals surface area contributed by atoms with Crippen LogP contribution in [-0.4, -0.2) is 34.3 Å². The predicted octanol–water partition coefficient (Wildman–Crippen LogP) is 2.67. The van der Waals surface area contributed by atoms with Crippen LogP contribution in [0.3, 0.4) is 0 Å². The summed E-state index contributed by atoms with van der Waals surface area (Å²) in [6.07, 6.45) is 2.38. The highest BCUT2D eigenvalue weighted by atomic mass is 16.2. The summed E-state index contributed by atoms with van der Waals surface area (Å²) in [6, 6.07) is 5.83. The van der Waals surface area contributed by atoms with Crippen LogP contribution < -0.4 is 5.32 Å². The molecule has 2 heterocycles. The van der Waals surface area contributed by atoms with E-state index in [2.05, 4.69) is 36.3 Å². The summed E-state index contributed by atoms with van der Waals surface area (Å²) in [5.41, 5.74) is 4.74. The lowest BCUT2D eigenvalue weighted by atomic mass is 10.1. The van der Waals surface area contributed by atoms with Crippen LogP contribution in [0.2, 0.25) is 0 Å². The predicted molar refractivity (Wildman–Crippen MR) is 94.7 cm³/mol. The molecule has 0 spiro atoms. The Hall–Kier alpha value is -2.30. The first-order valence-electron chi connectivity index (χ1n) is 8.68. The monoisotopic (exact) mass is 327 g/mol. The number of carbonyl (C=O) groups excluding carboxylic acids is 2. The van der Waals surface area contributed by atoms with E-state index in [9.17, 15) is 9.59 Å². The number of hydrogen-bond acceptors (Lipinski definition) is 2. The molecule has 2 N–H and O–H groups in total. The van der Waals surface area contributed by atoms with Gasteiger partial charge >= 0.3 is 0 Å². The van der Waals surface area contributed by atoms with Gasteiger partial charge in [0, 0.05) is 36.1 Å². The van der Waals surface area contributed by atoms with Gasteiger partial charge in [0.05, 0.1) is 0 Å². The first-order valence-corrected chi connectivity index (χ1v) is 8.68. The number of fused-ring (bicyclic) bond motifs is 1. The number of aromatic amines is 1. The molecule has 0 bridgehead atoms. The summed E-state index contributed by atoms with van der Waals surface area (Å²) in [6.45, 7) is 7.22. The Morgan fingerprint density at radius 3 is 2.88 bits per heavy atom. The second-order valence-electron chi connectivity index (χ2n) is 6.55. The van der Waals surface area contributed by atoms with Gasteiger partial charge in [0.15, 0.2) is 0 Å². The Morgan fingerprint density at radius 2 is 2.21 bits per heavy atom. The molecule has 5 heteroatoms. The lowest BCUT2D eigenvalue weighted by Gasteiger charge is -2.23. The van der Waals surface area contributed by atoms with Crippen molar-refractivity contribution in [3.05, 3.63) is 35.0 Å². The third-order valence-corrected chi connectivity index (χ3v) is 5.00. The number of benzene rings is 1. The van der Waals surface area contributed by atoms with Crippen LogP contribution in [0.25, 0.3) is 10.9 Å². The molecule has 1 aliphatic rings. The van der Waals surface area contributed by atoms with E-state index in [1.165, 1.54) is 16.6 Å². The standard InChI is InChI=1S/C19H25N3O2/c1-4-16-12(2)15-10-14(7-8-17(15)21-16)11-20-19(24)13(3)22-9-5-6-18(22)23/h7-8,10,13,21H,4-6,9,11H2,1-3H3,(H,20,24)/t13-/m1/s1. The van der Waals surface area contributed by atoms with E-state index >= 15 is 0 Å². The molecule has 24 heavy (non-hydrogen) atoms. The maximum Gasteiger partial charge on any atom is 0.242 e.